The van der Waals surface area contributed by atoms with Gasteiger partial charge < -0.3 is 15.2 Å². The predicted octanol–water partition coefficient (Wildman–Crippen LogP) is 2.33. The minimum absolute atomic E-state index is 0. The summed E-state index contributed by atoms with van der Waals surface area (Å²) < 4.78 is 2.26. The first-order chi connectivity index (χ1) is 10.1. The molecule has 2 heterocycles. The molecule has 1 aromatic rings. The molecular formula is C15H29IN6. The van der Waals surface area contributed by atoms with Crippen LogP contribution in [0.4, 0.5) is 0 Å². The molecule has 1 atom stereocenters. The molecule has 0 bridgehead atoms. The summed E-state index contributed by atoms with van der Waals surface area (Å²) >= 11 is 0. The van der Waals surface area contributed by atoms with Crippen molar-refractivity contribution in [2.24, 2.45) is 10.9 Å². The van der Waals surface area contributed by atoms with E-state index in [-0.39, 0.29) is 24.0 Å². The second-order valence-electron chi connectivity index (χ2n) is 6.10. The van der Waals surface area contributed by atoms with Crippen LogP contribution in [0.2, 0.25) is 0 Å². The first-order valence-corrected chi connectivity index (χ1v) is 8.00. The lowest BCUT2D eigenvalue weighted by Crippen LogP contribution is -2.44. The second kappa shape index (κ2) is 9.32. The number of fused-ring (bicyclic) bond motifs is 1. The number of nitrogens with one attached hydrogen (secondary N) is 2. The minimum Gasteiger partial charge on any atom is -0.354 e. The summed E-state index contributed by atoms with van der Waals surface area (Å²) in [6.07, 6.45) is 4.77. The van der Waals surface area contributed by atoms with Crippen LogP contribution in [-0.2, 0) is 19.5 Å². The van der Waals surface area contributed by atoms with Crippen LogP contribution >= 0.6 is 24.0 Å². The van der Waals surface area contributed by atoms with E-state index in [1.54, 1.807) is 7.05 Å². The third-order valence-corrected chi connectivity index (χ3v) is 4.19. The van der Waals surface area contributed by atoms with Gasteiger partial charge in [0, 0.05) is 26.1 Å². The maximum atomic E-state index is 4.33. The van der Waals surface area contributed by atoms with Gasteiger partial charge in [-0.15, -0.1) is 34.2 Å². The van der Waals surface area contributed by atoms with Crippen molar-refractivity contribution >= 4 is 29.9 Å². The molecule has 0 saturated carbocycles. The summed E-state index contributed by atoms with van der Waals surface area (Å²) in [5.41, 5.74) is 0. The number of hydrogen-bond acceptors (Lipinski definition) is 3. The van der Waals surface area contributed by atoms with Gasteiger partial charge in [0.25, 0.3) is 0 Å². The zero-order valence-electron chi connectivity index (χ0n) is 14.1. The average Bonchev–Trinajstić information content (AvgIpc) is 2.70. The van der Waals surface area contributed by atoms with Gasteiger partial charge in [0.2, 0.25) is 0 Å². The lowest BCUT2D eigenvalue weighted by molar-refractivity contribution is 0.480. The SMILES string of the molecule is CN=C(NCc1nnc2n1CCCCC2)NC(C)C(C)C.I. The molecule has 0 radical (unpaired) electrons. The van der Waals surface area contributed by atoms with Gasteiger partial charge in [-0.3, -0.25) is 4.99 Å². The number of aliphatic imine (C=N–C) groups is 1. The second-order valence-corrected chi connectivity index (χ2v) is 6.10. The van der Waals surface area contributed by atoms with Crippen LogP contribution in [0.25, 0.3) is 0 Å². The van der Waals surface area contributed by atoms with Crippen molar-refractivity contribution in [3.63, 3.8) is 0 Å². The maximum Gasteiger partial charge on any atom is 0.191 e. The predicted molar refractivity (Wildman–Crippen MR) is 101 cm³/mol. The Kier molecular flexibility index (Phi) is 8.13. The van der Waals surface area contributed by atoms with Gasteiger partial charge >= 0.3 is 0 Å². The minimum atomic E-state index is 0. The highest BCUT2D eigenvalue weighted by molar-refractivity contribution is 14.0. The van der Waals surface area contributed by atoms with Crippen molar-refractivity contribution in [3.05, 3.63) is 11.6 Å². The number of rotatable bonds is 4. The molecule has 0 aromatic carbocycles. The number of halogens is 1. The van der Waals surface area contributed by atoms with E-state index in [4.69, 9.17) is 0 Å². The Bertz CT molecular complexity index is 482. The zero-order chi connectivity index (χ0) is 15.2. The van der Waals surface area contributed by atoms with Crippen molar-refractivity contribution in [1.82, 2.24) is 25.4 Å². The molecule has 0 saturated heterocycles. The average molecular weight is 420 g/mol. The number of nitrogens with zero attached hydrogens (tertiary/aromatic N) is 4. The van der Waals surface area contributed by atoms with Crippen LogP contribution in [0, 0.1) is 5.92 Å². The topological polar surface area (TPSA) is 67.1 Å². The summed E-state index contributed by atoms with van der Waals surface area (Å²) in [5, 5.41) is 15.4. The highest BCUT2D eigenvalue weighted by atomic mass is 127. The number of guanidine groups is 1. The molecule has 0 spiro atoms. The van der Waals surface area contributed by atoms with Crippen molar-refractivity contribution in [2.75, 3.05) is 7.05 Å². The molecule has 6 nitrogen and oxygen atoms in total. The van der Waals surface area contributed by atoms with Crippen LogP contribution in [-0.4, -0.2) is 33.8 Å². The third-order valence-electron chi connectivity index (χ3n) is 4.19. The molecule has 0 fully saturated rings. The van der Waals surface area contributed by atoms with Crippen molar-refractivity contribution in [1.29, 1.82) is 0 Å². The molecule has 2 N–H and O–H groups in total. The van der Waals surface area contributed by atoms with E-state index in [0.717, 1.165) is 30.6 Å². The van der Waals surface area contributed by atoms with Gasteiger partial charge in [0.15, 0.2) is 11.8 Å². The first-order valence-electron chi connectivity index (χ1n) is 8.00. The van der Waals surface area contributed by atoms with Crippen molar-refractivity contribution in [2.45, 2.75) is 65.6 Å². The van der Waals surface area contributed by atoms with Gasteiger partial charge in [0.05, 0.1) is 6.54 Å². The lowest BCUT2D eigenvalue weighted by Gasteiger charge is -2.20. The van der Waals surface area contributed by atoms with Crippen LogP contribution in [0.1, 0.15) is 51.7 Å². The van der Waals surface area contributed by atoms with Crippen LogP contribution in [0.5, 0.6) is 0 Å². The fourth-order valence-corrected chi connectivity index (χ4v) is 2.42. The number of hydrogen-bond donors (Lipinski definition) is 2. The van der Waals surface area contributed by atoms with Crippen molar-refractivity contribution in [3.8, 4) is 0 Å². The Balaban J connectivity index is 0.00000242. The molecule has 0 aliphatic carbocycles. The molecule has 2 rings (SSSR count). The molecule has 1 aliphatic heterocycles. The van der Waals surface area contributed by atoms with E-state index in [1.807, 2.05) is 0 Å². The molecule has 1 aliphatic rings. The quantitative estimate of drug-likeness (QED) is 0.446. The number of aromatic nitrogens is 3. The van der Waals surface area contributed by atoms with Gasteiger partial charge in [-0.05, 0) is 25.7 Å². The fraction of sp³-hybridized carbons (Fsp3) is 0.800. The molecule has 7 heteroatoms. The molecule has 22 heavy (non-hydrogen) atoms. The summed E-state index contributed by atoms with van der Waals surface area (Å²) in [4.78, 5) is 4.28. The smallest absolute Gasteiger partial charge is 0.191 e. The first kappa shape index (κ1) is 19.2. The van der Waals surface area contributed by atoms with Gasteiger partial charge in [-0.2, -0.15) is 0 Å². The zero-order valence-corrected chi connectivity index (χ0v) is 16.4. The van der Waals surface area contributed by atoms with Crippen LogP contribution < -0.4 is 10.6 Å². The lowest BCUT2D eigenvalue weighted by atomic mass is 10.1. The summed E-state index contributed by atoms with van der Waals surface area (Å²) in [7, 11) is 1.80. The van der Waals surface area contributed by atoms with Crippen LogP contribution in [0.15, 0.2) is 4.99 Å². The molecule has 1 aromatic heterocycles. The Labute approximate surface area is 150 Å². The van der Waals surface area contributed by atoms with E-state index < -0.39 is 0 Å². The highest BCUT2D eigenvalue weighted by Crippen LogP contribution is 2.14. The molecular weight excluding hydrogens is 391 g/mol. The van der Waals surface area contributed by atoms with Gasteiger partial charge in [-0.1, -0.05) is 20.3 Å². The number of aryl methyl sites for hydroxylation is 1. The molecule has 1 unspecified atom stereocenters. The Hall–Kier alpha value is -0.860. The summed E-state index contributed by atoms with van der Waals surface area (Å²) in [6, 6.07) is 0.381. The van der Waals surface area contributed by atoms with Gasteiger partial charge in [0.1, 0.15) is 5.82 Å². The molecule has 126 valence electrons. The van der Waals surface area contributed by atoms with E-state index in [2.05, 4.69) is 51.2 Å². The Morgan fingerprint density at radius 3 is 2.68 bits per heavy atom. The standard InChI is InChI=1S/C15H28N6.HI/c1-11(2)12(3)18-15(16-4)17-10-14-20-19-13-8-6-5-7-9-21(13)14;/h11-12H,5-10H2,1-4H3,(H2,16,17,18);1H. The summed E-state index contributed by atoms with van der Waals surface area (Å²) in [6.45, 7) is 8.26. The fourth-order valence-electron chi connectivity index (χ4n) is 2.42. The van der Waals surface area contributed by atoms with E-state index in [0.29, 0.717) is 18.5 Å². The normalized spacial score (nSPS) is 16.5. The van der Waals surface area contributed by atoms with Crippen LogP contribution in [0.3, 0.4) is 0 Å². The van der Waals surface area contributed by atoms with Crippen molar-refractivity contribution < 1.29 is 0 Å². The highest BCUT2D eigenvalue weighted by Gasteiger charge is 2.15. The largest absolute Gasteiger partial charge is 0.354 e. The third kappa shape index (κ3) is 5.10. The molecule has 0 amide bonds. The van der Waals surface area contributed by atoms with E-state index >= 15 is 0 Å². The van der Waals surface area contributed by atoms with E-state index in [9.17, 15) is 0 Å². The summed E-state index contributed by atoms with van der Waals surface area (Å²) in [5.74, 6) is 3.52. The Morgan fingerprint density at radius 1 is 1.23 bits per heavy atom. The Morgan fingerprint density at radius 2 is 2.00 bits per heavy atom. The van der Waals surface area contributed by atoms with E-state index in [1.165, 1.54) is 19.3 Å². The van der Waals surface area contributed by atoms with Gasteiger partial charge in [-0.25, -0.2) is 0 Å². The monoisotopic (exact) mass is 420 g/mol. The maximum absolute atomic E-state index is 4.33.